The zero-order chi connectivity index (χ0) is 12.0. The third-order valence-corrected chi connectivity index (χ3v) is 3.69. The molecule has 0 spiro atoms. The summed E-state index contributed by atoms with van der Waals surface area (Å²) in [5.74, 6) is 0.533. The molecule has 1 heterocycles. The maximum Gasteiger partial charge on any atom is 0.270 e. The standard InChI is InChI=1S/C13H14N2O2/c1-8-3-2-4-10-11-7-9(15(16)17)5-6-12(11)14-13(8)10/h5-8,14H,2-4H2,1H3. The highest BCUT2D eigenvalue weighted by Gasteiger charge is 2.22. The Morgan fingerprint density at radius 1 is 1.47 bits per heavy atom. The van der Waals surface area contributed by atoms with Gasteiger partial charge in [-0.15, -0.1) is 0 Å². The van der Waals surface area contributed by atoms with Crippen molar-refractivity contribution in [3.63, 3.8) is 0 Å². The van der Waals surface area contributed by atoms with Crippen molar-refractivity contribution < 1.29 is 4.92 Å². The molecule has 0 saturated heterocycles. The second kappa shape index (κ2) is 3.58. The number of H-pyrrole nitrogens is 1. The molecule has 0 amide bonds. The minimum absolute atomic E-state index is 0.178. The lowest BCUT2D eigenvalue weighted by Crippen LogP contribution is -2.05. The van der Waals surface area contributed by atoms with Gasteiger partial charge in [0.05, 0.1) is 4.92 Å². The molecular weight excluding hydrogens is 216 g/mol. The Balaban J connectivity index is 2.25. The van der Waals surface area contributed by atoms with Crippen molar-refractivity contribution in [1.82, 2.24) is 4.98 Å². The predicted octanol–water partition coefficient (Wildman–Crippen LogP) is 3.52. The number of hydrogen-bond donors (Lipinski definition) is 1. The fourth-order valence-corrected chi connectivity index (χ4v) is 2.79. The first-order valence-corrected chi connectivity index (χ1v) is 5.95. The fraction of sp³-hybridized carbons (Fsp3) is 0.385. The molecule has 0 bridgehead atoms. The number of hydrogen-bond acceptors (Lipinski definition) is 2. The lowest BCUT2D eigenvalue weighted by molar-refractivity contribution is -0.384. The van der Waals surface area contributed by atoms with E-state index in [0.29, 0.717) is 5.92 Å². The van der Waals surface area contributed by atoms with Crippen molar-refractivity contribution in [3.05, 3.63) is 39.6 Å². The molecule has 88 valence electrons. The van der Waals surface area contributed by atoms with Crippen molar-refractivity contribution in [3.8, 4) is 0 Å². The largest absolute Gasteiger partial charge is 0.358 e. The number of nitro benzene ring substituents is 1. The summed E-state index contributed by atoms with van der Waals surface area (Å²) in [5, 5.41) is 11.8. The lowest BCUT2D eigenvalue weighted by Gasteiger charge is -2.18. The Morgan fingerprint density at radius 2 is 2.29 bits per heavy atom. The molecule has 0 saturated carbocycles. The van der Waals surface area contributed by atoms with Crippen LogP contribution in [0.3, 0.4) is 0 Å². The molecule has 1 aliphatic rings. The van der Waals surface area contributed by atoms with Gasteiger partial charge in [0.25, 0.3) is 5.69 Å². The molecule has 2 aromatic rings. The highest BCUT2D eigenvalue weighted by Crippen LogP contribution is 2.36. The van der Waals surface area contributed by atoms with Crippen LogP contribution in [0, 0.1) is 10.1 Å². The van der Waals surface area contributed by atoms with Crippen LogP contribution in [-0.4, -0.2) is 9.91 Å². The van der Waals surface area contributed by atoms with E-state index in [2.05, 4.69) is 11.9 Å². The van der Waals surface area contributed by atoms with Crippen molar-refractivity contribution in [1.29, 1.82) is 0 Å². The molecule has 4 nitrogen and oxygen atoms in total. The molecule has 0 aliphatic heterocycles. The lowest BCUT2D eigenvalue weighted by atomic mass is 9.88. The molecule has 17 heavy (non-hydrogen) atoms. The number of aryl methyl sites for hydroxylation is 1. The molecular formula is C13H14N2O2. The van der Waals surface area contributed by atoms with Crippen molar-refractivity contribution in [2.24, 2.45) is 0 Å². The number of aromatic amines is 1. The second-order valence-electron chi connectivity index (χ2n) is 4.80. The highest BCUT2D eigenvalue weighted by atomic mass is 16.6. The fourth-order valence-electron chi connectivity index (χ4n) is 2.79. The first-order valence-electron chi connectivity index (χ1n) is 5.95. The summed E-state index contributed by atoms with van der Waals surface area (Å²) in [6, 6.07) is 5.08. The van der Waals surface area contributed by atoms with Crippen molar-refractivity contribution in [2.45, 2.75) is 32.1 Å². The summed E-state index contributed by atoms with van der Waals surface area (Å²) < 4.78 is 0. The summed E-state index contributed by atoms with van der Waals surface area (Å²) in [7, 11) is 0. The first-order chi connectivity index (χ1) is 8.16. The van der Waals surface area contributed by atoms with Gasteiger partial charge in [0.1, 0.15) is 0 Å². The van der Waals surface area contributed by atoms with Gasteiger partial charge in [0.15, 0.2) is 0 Å². The number of aromatic nitrogens is 1. The number of fused-ring (bicyclic) bond motifs is 3. The van der Waals surface area contributed by atoms with Gasteiger partial charge in [-0.1, -0.05) is 6.92 Å². The smallest absolute Gasteiger partial charge is 0.270 e. The van der Waals surface area contributed by atoms with Gasteiger partial charge in [-0.3, -0.25) is 10.1 Å². The van der Waals surface area contributed by atoms with E-state index in [1.54, 1.807) is 12.1 Å². The van der Waals surface area contributed by atoms with E-state index in [1.165, 1.54) is 24.1 Å². The highest BCUT2D eigenvalue weighted by molar-refractivity contribution is 5.87. The summed E-state index contributed by atoms with van der Waals surface area (Å²) >= 11 is 0. The van der Waals surface area contributed by atoms with Crippen molar-refractivity contribution in [2.75, 3.05) is 0 Å². The van der Waals surface area contributed by atoms with Gasteiger partial charge in [0, 0.05) is 28.7 Å². The Hall–Kier alpha value is -1.84. The SMILES string of the molecule is CC1CCCc2c1[nH]c1ccc([N+](=O)[O-])cc21. The van der Waals surface area contributed by atoms with Crippen LogP contribution in [-0.2, 0) is 6.42 Å². The summed E-state index contributed by atoms with van der Waals surface area (Å²) in [4.78, 5) is 13.9. The summed E-state index contributed by atoms with van der Waals surface area (Å²) in [6.45, 7) is 2.21. The zero-order valence-electron chi connectivity index (χ0n) is 9.69. The van der Waals surface area contributed by atoms with E-state index in [0.717, 1.165) is 17.3 Å². The Morgan fingerprint density at radius 3 is 3.06 bits per heavy atom. The van der Waals surface area contributed by atoms with Crippen LogP contribution in [0.15, 0.2) is 18.2 Å². The quantitative estimate of drug-likeness (QED) is 0.602. The van der Waals surface area contributed by atoms with Gasteiger partial charge in [0.2, 0.25) is 0 Å². The van der Waals surface area contributed by atoms with Crippen LogP contribution in [0.1, 0.15) is 36.9 Å². The molecule has 3 rings (SSSR count). The molecule has 1 aliphatic carbocycles. The van der Waals surface area contributed by atoms with Crippen LogP contribution in [0.4, 0.5) is 5.69 Å². The number of nitrogens with one attached hydrogen (secondary N) is 1. The molecule has 1 N–H and O–H groups in total. The molecule has 4 heteroatoms. The minimum atomic E-state index is -0.328. The third kappa shape index (κ3) is 1.52. The monoisotopic (exact) mass is 230 g/mol. The molecule has 0 radical (unpaired) electrons. The van der Waals surface area contributed by atoms with E-state index in [-0.39, 0.29) is 10.6 Å². The van der Waals surface area contributed by atoms with Crippen molar-refractivity contribution >= 4 is 16.6 Å². The van der Waals surface area contributed by atoms with E-state index in [1.807, 2.05) is 6.07 Å². The third-order valence-electron chi connectivity index (χ3n) is 3.69. The number of nitrogens with zero attached hydrogens (tertiary/aromatic N) is 1. The van der Waals surface area contributed by atoms with Crippen LogP contribution >= 0.6 is 0 Å². The number of non-ortho nitro benzene ring substituents is 1. The Bertz CT molecular complexity index is 601. The maximum atomic E-state index is 10.8. The van der Waals surface area contributed by atoms with Gasteiger partial charge < -0.3 is 4.98 Å². The summed E-state index contributed by atoms with van der Waals surface area (Å²) in [6.07, 6.45) is 3.40. The van der Waals surface area contributed by atoms with Crippen LogP contribution in [0.2, 0.25) is 0 Å². The first kappa shape index (κ1) is 10.3. The number of nitro groups is 1. The molecule has 1 atom stereocenters. The number of rotatable bonds is 1. The molecule has 1 aromatic carbocycles. The minimum Gasteiger partial charge on any atom is -0.358 e. The van der Waals surface area contributed by atoms with Gasteiger partial charge in [-0.25, -0.2) is 0 Å². The van der Waals surface area contributed by atoms with E-state index in [9.17, 15) is 10.1 Å². The Labute approximate surface area is 98.8 Å². The Kier molecular flexibility index (Phi) is 2.18. The van der Waals surface area contributed by atoms with Gasteiger partial charge in [-0.2, -0.15) is 0 Å². The molecule has 0 fully saturated rings. The average molecular weight is 230 g/mol. The maximum absolute atomic E-state index is 10.8. The zero-order valence-corrected chi connectivity index (χ0v) is 9.69. The predicted molar refractivity (Wildman–Crippen MR) is 66.3 cm³/mol. The molecule has 1 unspecified atom stereocenters. The summed E-state index contributed by atoms with van der Waals surface area (Å²) in [5.41, 5.74) is 3.75. The van der Waals surface area contributed by atoms with Crippen LogP contribution in [0.5, 0.6) is 0 Å². The van der Waals surface area contributed by atoms with E-state index >= 15 is 0 Å². The second-order valence-corrected chi connectivity index (χ2v) is 4.80. The van der Waals surface area contributed by atoms with Crippen LogP contribution < -0.4 is 0 Å². The average Bonchev–Trinajstić information content (AvgIpc) is 2.68. The van der Waals surface area contributed by atoms with E-state index < -0.39 is 0 Å². The molecule has 1 aromatic heterocycles. The normalized spacial score (nSPS) is 19.2. The van der Waals surface area contributed by atoms with Crippen LogP contribution in [0.25, 0.3) is 10.9 Å². The number of benzene rings is 1. The van der Waals surface area contributed by atoms with Gasteiger partial charge >= 0.3 is 0 Å². The topological polar surface area (TPSA) is 58.9 Å². The van der Waals surface area contributed by atoms with E-state index in [4.69, 9.17) is 0 Å². The van der Waals surface area contributed by atoms with Gasteiger partial charge in [-0.05, 0) is 36.8 Å².